The first-order valence-electron chi connectivity index (χ1n) is 10.8. The first-order valence-corrected chi connectivity index (χ1v) is 10.8. The van der Waals surface area contributed by atoms with Crippen LogP contribution >= 0.6 is 0 Å². The Hall–Kier alpha value is -1.30. The maximum absolute atomic E-state index is 12.4. The third kappa shape index (κ3) is 6.15. The zero-order chi connectivity index (χ0) is 18.2. The summed E-state index contributed by atoms with van der Waals surface area (Å²) in [5, 5.41) is 6.27. The summed E-state index contributed by atoms with van der Waals surface area (Å²) in [6.07, 6.45) is 11.1. The third-order valence-corrected chi connectivity index (χ3v) is 6.26. The lowest BCUT2D eigenvalue weighted by Gasteiger charge is -2.33. The molecule has 3 aliphatic rings. The molecule has 26 heavy (non-hydrogen) atoms. The van der Waals surface area contributed by atoms with Crippen LogP contribution < -0.4 is 10.6 Å². The Balaban J connectivity index is 1.27. The first kappa shape index (κ1) is 19.5. The molecule has 0 aromatic heterocycles. The Bertz CT molecular complexity index is 451. The molecule has 0 atom stereocenters. The number of hydrogen-bond acceptors (Lipinski definition) is 3. The minimum absolute atomic E-state index is 0.102. The second-order valence-electron chi connectivity index (χ2n) is 8.32. The van der Waals surface area contributed by atoms with Gasteiger partial charge in [-0.05, 0) is 57.5 Å². The number of carbonyl (C=O) groups excluding carboxylic acids is 2. The van der Waals surface area contributed by atoms with Crippen molar-refractivity contribution < 1.29 is 9.59 Å². The van der Waals surface area contributed by atoms with Crippen LogP contribution in [0.25, 0.3) is 0 Å². The lowest BCUT2D eigenvalue weighted by atomic mass is 9.93. The Labute approximate surface area is 158 Å². The predicted octanol–water partition coefficient (Wildman–Crippen LogP) is 2.34. The first-order chi connectivity index (χ1) is 12.7. The number of rotatable bonds is 6. The highest BCUT2D eigenvalue weighted by Crippen LogP contribution is 2.22. The van der Waals surface area contributed by atoms with Crippen molar-refractivity contribution in [3.8, 4) is 0 Å². The van der Waals surface area contributed by atoms with Gasteiger partial charge in [-0.1, -0.05) is 19.3 Å². The van der Waals surface area contributed by atoms with Crippen molar-refractivity contribution in [2.45, 2.75) is 70.3 Å². The molecule has 0 aromatic carbocycles. The van der Waals surface area contributed by atoms with E-state index >= 15 is 0 Å². The Morgan fingerprint density at radius 2 is 1.54 bits per heavy atom. The summed E-state index contributed by atoms with van der Waals surface area (Å²) in [6, 6.07) is 0.473. The van der Waals surface area contributed by atoms with E-state index in [4.69, 9.17) is 0 Å². The van der Waals surface area contributed by atoms with Crippen LogP contribution in [-0.2, 0) is 4.79 Å². The van der Waals surface area contributed by atoms with Gasteiger partial charge in [0.25, 0.3) is 0 Å². The van der Waals surface area contributed by atoms with Gasteiger partial charge in [0.1, 0.15) is 0 Å². The van der Waals surface area contributed by atoms with Crippen molar-refractivity contribution in [1.29, 1.82) is 0 Å². The summed E-state index contributed by atoms with van der Waals surface area (Å²) in [6.45, 7) is 5.66. The average molecular weight is 365 g/mol. The van der Waals surface area contributed by atoms with E-state index in [1.807, 2.05) is 4.90 Å². The number of hydrogen-bond donors (Lipinski definition) is 2. The van der Waals surface area contributed by atoms with Gasteiger partial charge in [-0.15, -0.1) is 0 Å². The van der Waals surface area contributed by atoms with Crippen LogP contribution in [0.5, 0.6) is 0 Å². The van der Waals surface area contributed by atoms with Gasteiger partial charge in [-0.25, -0.2) is 4.79 Å². The molecule has 3 amide bonds. The molecule has 0 spiro atoms. The topological polar surface area (TPSA) is 64.7 Å². The second-order valence-corrected chi connectivity index (χ2v) is 8.32. The number of amides is 3. The van der Waals surface area contributed by atoms with Gasteiger partial charge in [0, 0.05) is 38.6 Å². The monoisotopic (exact) mass is 364 g/mol. The highest BCUT2D eigenvalue weighted by atomic mass is 16.2. The van der Waals surface area contributed by atoms with Crippen molar-refractivity contribution in [2.75, 3.05) is 39.3 Å². The standard InChI is InChI=1S/C20H36N4O2/c25-19(21-10-15-23-11-4-5-12-23)16-17-8-13-24(14-9-17)20(26)22-18-6-2-1-3-7-18/h17-18H,1-16H2,(H,21,25)(H,22,26). The molecule has 6 nitrogen and oxygen atoms in total. The van der Waals surface area contributed by atoms with Crippen LogP contribution in [-0.4, -0.2) is 67.0 Å². The fourth-order valence-electron chi connectivity index (χ4n) is 4.55. The molecule has 2 heterocycles. The average Bonchev–Trinajstić information content (AvgIpc) is 3.16. The van der Waals surface area contributed by atoms with Crippen LogP contribution in [0.2, 0.25) is 0 Å². The molecule has 2 saturated heterocycles. The summed E-state index contributed by atoms with van der Waals surface area (Å²) in [4.78, 5) is 28.9. The van der Waals surface area contributed by atoms with Crippen molar-refractivity contribution >= 4 is 11.9 Å². The molecule has 0 aromatic rings. The van der Waals surface area contributed by atoms with E-state index in [1.54, 1.807) is 0 Å². The van der Waals surface area contributed by atoms with Crippen LogP contribution in [0, 0.1) is 5.92 Å². The predicted molar refractivity (Wildman–Crippen MR) is 103 cm³/mol. The van der Waals surface area contributed by atoms with Crippen molar-refractivity contribution in [3.63, 3.8) is 0 Å². The van der Waals surface area contributed by atoms with Gasteiger partial charge in [0.15, 0.2) is 0 Å². The molecule has 2 aliphatic heterocycles. The van der Waals surface area contributed by atoms with E-state index in [9.17, 15) is 9.59 Å². The van der Waals surface area contributed by atoms with Gasteiger partial charge in [-0.3, -0.25) is 4.79 Å². The normalized spacial score (nSPS) is 23.2. The lowest BCUT2D eigenvalue weighted by molar-refractivity contribution is -0.122. The van der Waals surface area contributed by atoms with Crippen LogP contribution in [0.3, 0.4) is 0 Å². The van der Waals surface area contributed by atoms with Gasteiger partial charge in [-0.2, -0.15) is 0 Å². The number of carbonyl (C=O) groups is 2. The highest BCUT2D eigenvalue weighted by molar-refractivity contribution is 5.76. The Kier molecular flexibility index (Phi) is 7.59. The van der Waals surface area contributed by atoms with E-state index in [0.717, 1.165) is 51.9 Å². The molecule has 2 N–H and O–H groups in total. The fourth-order valence-corrected chi connectivity index (χ4v) is 4.55. The Morgan fingerprint density at radius 1 is 0.846 bits per heavy atom. The SMILES string of the molecule is O=C(CC1CCN(C(=O)NC2CCCCC2)CC1)NCCN1CCCC1. The summed E-state index contributed by atoms with van der Waals surface area (Å²) < 4.78 is 0. The molecule has 0 bridgehead atoms. The van der Waals surface area contributed by atoms with Gasteiger partial charge in [0.2, 0.25) is 5.91 Å². The van der Waals surface area contributed by atoms with Gasteiger partial charge >= 0.3 is 6.03 Å². The van der Waals surface area contributed by atoms with Gasteiger partial charge < -0.3 is 20.4 Å². The molecule has 3 rings (SSSR count). The summed E-state index contributed by atoms with van der Waals surface area (Å²) >= 11 is 0. The molecule has 148 valence electrons. The quantitative estimate of drug-likeness (QED) is 0.760. The minimum atomic E-state index is 0.102. The molecule has 3 fully saturated rings. The maximum Gasteiger partial charge on any atom is 0.317 e. The third-order valence-electron chi connectivity index (χ3n) is 6.26. The fraction of sp³-hybridized carbons (Fsp3) is 0.900. The smallest absolute Gasteiger partial charge is 0.317 e. The number of nitrogens with one attached hydrogen (secondary N) is 2. The van der Waals surface area contributed by atoms with Crippen LogP contribution in [0.15, 0.2) is 0 Å². The maximum atomic E-state index is 12.4. The zero-order valence-electron chi connectivity index (χ0n) is 16.2. The lowest BCUT2D eigenvalue weighted by Crippen LogP contribution is -2.48. The van der Waals surface area contributed by atoms with E-state index in [-0.39, 0.29) is 11.9 Å². The molecule has 0 radical (unpaired) electrons. The number of piperidine rings is 1. The highest BCUT2D eigenvalue weighted by Gasteiger charge is 2.26. The van der Waals surface area contributed by atoms with E-state index in [2.05, 4.69) is 15.5 Å². The summed E-state index contributed by atoms with van der Waals surface area (Å²) in [5.74, 6) is 0.592. The van der Waals surface area contributed by atoms with Gasteiger partial charge in [0.05, 0.1) is 0 Å². The van der Waals surface area contributed by atoms with Crippen molar-refractivity contribution in [3.05, 3.63) is 0 Å². The largest absolute Gasteiger partial charge is 0.355 e. The summed E-state index contributed by atoms with van der Waals surface area (Å²) in [7, 11) is 0. The zero-order valence-corrected chi connectivity index (χ0v) is 16.2. The molecular formula is C20H36N4O2. The van der Waals surface area contributed by atoms with Crippen molar-refractivity contribution in [1.82, 2.24) is 20.4 Å². The molecule has 1 aliphatic carbocycles. The van der Waals surface area contributed by atoms with E-state index in [1.165, 1.54) is 45.2 Å². The molecule has 1 saturated carbocycles. The van der Waals surface area contributed by atoms with E-state index < -0.39 is 0 Å². The summed E-state index contributed by atoms with van der Waals surface area (Å²) in [5.41, 5.74) is 0. The minimum Gasteiger partial charge on any atom is -0.355 e. The second kappa shape index (κ2) is 10.1. The van der Waals surface area contributed by atoms with E-state index in [0.29, 0.717) is 18.4 Å². The number of urea groups is 1. The molecular weight excluding hydrogens is 328 g/mol. The number of likely N-dealkylation sites (tertiary alicyclic amines) is 2. The Morgan fingerprint density at radius 3 is 2.23 bits per heavy atom. The number of nitrogens with zero attached hydrogens (tertiary/aromatic N) is 2. The van der Waals surface area contributed by atoms with Crippen LogP contribution in [0.4, 0.5) is 4.79 Å². The van der Waals surface area contributed by atoms with Crippen LogP contribution in [0.1, 0.15) is 64.2 Å². The van der Waals surface area contributed by atoms with Crippen molar-refractivity contribution in [2.24, 2.45) is 5.92 Å². The molecule has 6 heteroatoms. The molecule has 0 unspecified atom stereocenters.